The second kappa shape index (κ2) is 9.73. The standard InChI is InChI=1S/C21H27N3O6S/c1-15-12-18(24(25)26)13-21(16(15)2)31(27,28)22-14-20(23-8-10-30-11-9-23)17-4-6-19(29-3)7-5-17/h4-7,12-13,20,22H,8-11,14H2,1-3H3. The summed E-state index contributed by atoms with van der Waals surface area (Å²) in [7, 11) is -2.37. The minimum Gasteiger partial charge on any atom is -0.497 e. The molecule has 9 nitrogen and oxygen atoms in total. The Morgan fingerprint density at radius 1 is 1.19 bits per heavy atom. The summed E-state index contributed by atoms with van der Waals surface area (Å²) in [4.78, 5) is 12.7. The van der Waals surface area contributed by atoms with Gasteiger partial charge in [0.05, 0.1) is 30.1 Å². The molecule has 2 aromatic carbocycles. The fraction of sp³-hybridized carbons (Fsp3) is 0.429. The molecule has 1 aliphatic heterocycles. The first-order chi connectivity index (χ1) is 14.7. The number of nitrogens with one attached hydrogen (secondary N) is 1. The molecule has 0 radical (unpaired) electrons. The first-order valence-electron chi connectivity index (χ1n) is 9.94. The highest BCUT2D eigenvalue weighted by Gasteiger charge is 2.27. The molecule has 1 aliphatic rings. The number of hydrogen-bond acceptors (Lipinski definition) is 7. The fourth-order valence-electron chi connectivity index (χ4n) is 3.63. The van der Waals surface area contributed by atoms with Crippen molar-refractivity contribution in [3.8, 4) is 5.75 Å². The van der Waals surface area contributed by atoms with Gasteiger partial charge in [0.15, 0.2) is 0 Å². The third kappa shape index (κ3) is 5.40. The maximum absolute atomic E-state index is 13.1. The van der Waals surface area contributed by atoms with E-state index in [1.54, 1.807) is 21.0 Å². The largest absolute Gasteiger partial charge is 0.497 e. The topological polar surface area (TPSA) is 111 Å². The molecule has 168 valence electrons. The summed E-state index contributed by atoms with van der Waals surface area (Å²) >= 11 is 0. The van der Waals surface area contributed by atoms with Gasteiger partial charge in [-0.15, -0.1) is 0 Å². The van der Waals surface area contributed by atoms with Crippen molar-refractivity contribution in [3.63, 3.8) is 0 Å². The van der Waals surface area contributed by atoms with Crippen LogP contribution in [-0.4, -0.2) is 58.2 Å². The summed E-state index contributed by atoms with van der Waals surface area (Å²) in [5.74, 6) is 0.716. The van der Waals surface area contributed by atoms with E-state index in [0.29, 0.717) is 43.2 Å². The number of non-ortho nitro benzene ring substituents is 1. The lowest BCUT2D eigenvalue weighted by atomic mass is 10.0. The maximum atomic E-state index is 13.1. The lowest BCUT2D eigenvalue weighted by Gasteiger charge is -2.35. The molecule has 0 aliphatic carbocycles. The molecule has 0 saturated carbocycles. The van der Waals surface area contributed by atoms with Gasteiger partial charge in [0, 0.05) is 37.8 Å². The number of nitrogens with zero attached hydrogens (tertiary/aromatic N) is 2. The SMILES string of the molecule is COc1ccc(C(CNS(=O)(=O)c2cc([N+](=O)[O-])cc(C)c2C)N2CCOCC2)cc1. The van der Waals surface area contributed by atoms with Gasteiger partial charge in [-0.05, 0) is 42.7 Å². The predicted molar refractivity (Wildman–Crippen MR) is 116 cm³/mol. The Morgan fingerprint density at radius 3 is 2.42 bits per heavy atom. The molecule has 31 heavy (non-hydrogen) atoms. The number of morpholine rings is 1. The van der Waals surface area contributed by atoms with E-state index in [4.69, 9.17) is 9.47 Å². The Hall–Kier alpha value is -2.53. The maximum Gasteiger partial charge on any atom is 0.271 e. The molecular formula is C21H27N3O6S. The van der Waals surface area contributed by atoms with Crippen LogP contribution in [0, 0.1) is 24.0 Å². The summed E-state index contributed by atoms with van der Waals surface area (Å²) in [6.07, 6.45) is 0. The first-order valence-corrected chi connectivity index (χ1v) is 11.4. The number of aryl methyl sites for hydroxylation is 1. The van der Waals surface area contributed by atoms with Gasteiger partial charge < -0.3 is 9.47 Å². The molecule has 3 rings (SSSR count). The minimum absolute atomic E-state index is 0.0744. The van der Waals surface area contributed by atoms with Crippen LogP contribution in [0.2, 0.25) is 0 Å². The monoisotopic (exact) mass is 449 g/mol. The molecule has 1 N–H and O–H groups in total. The molecule has 1 unspecified atom stereocenters. The van der Waals surface area contributed by atoms with Crippen molar-refractivity contribution in [1.29, 1.82) is 0 Å². The van der Waals surface area contributed by atoms with Crippen molar-refractivity contribution in [2.45, 2.75) is 24.8 Å². The second-order valence-electron chi connectivity index (χ2n) is 7.43. The van der Waals surface area contributed by atoms with Crippen LogP contribution < -0.4 is 9.46 Å². The zero-order valence-corrected chi connectivity index (χ0v) is 18.6. The predicted octanol–water partition coefficient (Wildman–Crippen LogP) is 2.57. The van der Waals surface area contributed by atoms with Crippen LogP contribution in [0.1, 0.15) is 22.7 Å². The zero-order valence-electron chi connectivity index (χ0n) is 17.8. The summed E-state index contributed by atoms with van der Waals surface area (Å²) in [6, 6.07) is 9.77. The van der Waals surface area contributed by atoms with Crippen molar-refractivity contribution >= 4 is 15.7 Å². The highest BCUT2D eigenvalue weighted by atomic mass is 32.2. The Kier molecular flexibility index (Phi) is 7.26. The zero-order chi connectivity index (χ0) is 22.6. The van der Waals surface area contributed by atoms with E-state index in [2.05, 4.69) is 9.62 Å². The number of ether oxygens (including phenoxy) is 2. The van der Waals surface area contributed by atoms with E-state index in [1.165, 1.54) is 6.07 Å². The highest BCUT2D eigenvalue weighted by molar-refractivity contribution is 7.89. The number of sulfonamides is 1. The molecule has 0 spiro atoms. The van der Waals surface area contributed by atoms with Crippen LogP contribution in [0.3, 0.4) is 0 Å². The molecule has 0 bridgehead atoms. The van der Waals surface area contributed by atoms with E-state index < -0.39 is 14.9 Å². The second-order valence-corrected chi connectivity index (χ2v) is 9.17. The van der Waals surface area contributed by atoms with Crippen molar-refractivity contribution < 1.29 is 22.8 Å². The summed E-state index contributed by atoms with van der Waals surface area (Å²) in [6.45, 7) is 5.92. The third-order valence-corrected chi connectivity index (χ3v) is 7.11. The molecule has 1 atom stereocenters. The van der Waals surface area contributed by atoms with Gasteiger partial charge in [-0.25, -0.2) is 13.1 Å². The van der Waals surface area contributed by atoms with Crippen LogP contribution >= 0.6 is 0 Å². The molecule has 1 saturated heterocycles. The van der Waals surface area contributed by atoms with Gasteiger partial charge in [0.2, 0.25) is 10.0 Å². The number of nitro benzene ring substituents is 1. The van der Waals surface area contributed by atoms with E-state index in [-0.39, 0.29) is 23.2 Å². The van der Waals surface area contributed by atoms with E-state index >= 15 is 0 Å². The van der Waals surface area contributed by atoms with E-state index in [1.807, 2.05) is 24.3 Å². The minimum atomic E-state index is -3.96. The van der Waals surface area contributed by atoms with Gasteiger partial charge in [0.1, 0.15) is 5.75 Å². The van der Waals surface area contributed by atoms with Gasteiger partial charge in [-0.3, -0.25) is 15.0 Å². The molecule has 1 heterocycles. The number of methoxy groups -OCH3 is 1. The Balaban J connectivity index is 1.88. The van der Waals surface area contributed by atoms with Crippen molar-refractivity contribution in [1.82, 2.24) is 9.62 Å². The van der Waals surface area contributed by atoms with E-state index in [9.17, 15) is 18.5 Å². The number of rotatable bonds is 8. The number of hydrogen-bond donors (Lipinski definition) is 1. The summed E-state index contributed by atoms with van der Waals surface area (Å²) < 4.78 is 39.5. The normalized spacial score (nSPS) is 16.1. The summed E-state index contributed by atoms with van der Waals surface area (Å²) in [5, 5.41) is 11.2. The Labute approximate surface area is 182 Å². The number of benzene rings is 2. The van der Waals surface area contributed by atoms with Gasteiger partial charge in [0.25, 0.3) is 5.69 Å². The average molecular weight is 450 g/mol. The van der Waals surface area contributed by atoms with Crippen LogP contribution in [0.4, 0.5) is 5.69 Å². The lowest BCUT2D eigenvalue weighted by Crippen LogP contribution is -2.43. The third-order valence-electron chi connectivity index (χ3n) is 5.56. The molecule has 2 aromatic rings. The average Bonchev–Trinajstić information content (AvgIpc) is 2.76. The Bertz CT molecular complexity index is 1030. The lowest BCUT2D eigenvalue weighted by molar-refractivity contribution is -0.385. The molecule has 1 fully saturated rings. The van der Waals surface area contributed by atoms with Gasteiger partial charge >= 0.3 is 0 Å². The fourth-order valence-corrected chi connectivity index (χ4v) is 5.01. The molecule has 0 aromatic heterocycles. The van der Waals surface area contributed by atoms with Crippen molar-refractivity contribution in [2.75, 3.05) is 40.0 Å². The highest BCUT2D eigenvalue weighted by Crippen LogP contribution is 2.27. The molecular weight excluding hydrogens is 422 g/mol. The quantitative estimate of drug-likeness (QED) is 0.487. The Morgan fingerprint density at radius 2 is 1.84 bits per heavy atom. The first kappa shape index (κ1) is 23.1. The van der Waals surface area contributed by atoms with Crippen molar-refractivity contribution in [3.05, 3.63) is 63.2 Å². The number of nitro groups is 1. The van der Waals surface area contributed by atoms with Gasteiger partial charge in [-0.2, -0.15) is 0 Å². The molecule has 10 heteroatoms. The van der Waals surface area contributed by atoms with Gasteiger partial charge in [-0.1, -0.05) is 12.1 Å². The van der Waals surface area contributed by atoms with Crippen LogP contribution in [0.5, 0.6) is 5.75 Å². The van der Waals surface area contributed by atoms with Crippen LogP contribution in [-0.2, 0) is 14.8 Å². The van der Waals surface area contributed by atoms with Crippen molar-refractivity contribution in [2.24, 2.45) is 0 Å². The van der Waals surface area contributed by atoms with Crippen LogP contribution in [0.25, 0.3) is 0 Å². The van der Waals surface area contributed by atoms with E-state index in [0.717, 1.165) is 11.6 Å². The smallest absolute Gasteiger partial charge is 0.271 e. The summed E-state index contributed by atoms with van der Waals surface area (Å²) in [5.41, 5.74) is 1.74. The van der Waals surface area contributed by atoms with Crippen LogP contribution in [0.15, 0.2) is 41.3 Å². The molecule has 0 amide bonds.